The molecule has 2 aliphatic heterocycles. The van der Waals surface area contributed by atoms with Crippen molar-refractivity contribution in [2.24, 2.45) is 7.05 Å². The predicted molar refractivity (Wildman–Crippen MR) is 121 cm³/mol. The fourth-order valence-corrected chi connectivity index (χ4v) is 4.47. The van der Waals surface area contributed by atoms with Crippen molar-refractivity contribution in [3.05, 3.63) is 54.1 Å². The average Bonchev–Trinajstić information content (AvgIpc) is 3.25. The molecule has 1 atom stereocenters. The minimum absolute atomic E-state index is 0.0707. The van der Waals surface area contributed by atoms with E-state index in [9.17, 15) is 4.79 Å². The first-order valence-electron chi connectivity index (χ1n) is 11.2. The molecule has 5 rings (SSSR count). The van der Waals surface area contributed by atoms with Crippen molar-refractivity contribution >= 4 is 11.7 Å². The molecular weight excluding hydrogens is 404 g/mol. The second-order valence-electron chi connectivity index (χ2n) is 8.52. The highest BCUT2D eigenvalue weighted by Crippen LogP contribution is 2.32. The van der Waals surface area contributed by atoms with Gasteiger partial charge in [-0.05, 0) is 25.0 Å². The molecule has 0 aliphatic carbocycles. The molecule has 32 heavy (non-hydrogen) atoms. The fourth-order valence-electron chi connectivity index (χ4n) is 4.47. The molecule has 0 N–H and O–H groups in total. The number of carbonyl (C=O) groups is 1. The number of piperidine rings is 1. The Morgan fingerprint density at radius 3 is 2.72 bits per heavy atom. The third-order valence-corrected chi connectivity index (χ3v) is 6.14. The van der Waals surface area contributed by atoms with Crippen LogP contribution >= 0.6 is 0 Å². The number of fused-ring (bicyclic) bond motifs is 1. The maximum absolute atomic E-state index is 11.9. The molecule has 1 fully saturated rings. The zero-order chi connectivity index (χ0) is 22.1. The minimum atomic E-state index is 0.0707. The molecule has 0 radical (unpaired) electrons. The highest BCUT2D eigenvalue weighted by molar-refractivity contribution is 5.74. The molecule has 8 heteroatoms. The Morgan fingerprint density at radius 1 is 1.12 bits per heavy atom. The number of ether oxygens (including phenoxy) is 1. The van der Waals surface area contributed by atoms with Gasteiger partial charge in [0.05, 0.1) is 30.7 Å². The Morgan fingerprint density at radius 2 is 1.97 bits per heavy atom. The van der Waals surface area contributed by atoms with Gasteiger partial charge in [0.15, 0.2) is 5.82 Å². The van der Waals surface area contributed by atoms with Gasteiger partial charge < -0.3 is 14.5 Å². The molecule has 2 aliphatic rings. The van der Waals surface area contributed by atoms with Gasteiger partial charge in [0.25, 0.3) is 0 Å². The molecule has 1 saturated heterocycles. The van der Waals surface area contributed by atoms with Crippen molar-refractivity contribution < 1.29 is 9.53 Å². The zero-order valence-electron chi connectivity index (χ0n) is 18.6. The van der Waals surface area contributed by atoms with Crippen LogP contribution in [0.15, 0.2) is 42.7 Å². The summed E-state index contributed by atoms with van der Waals surface area (Å²) in [5, 5.41) is 4.35. The van der Waals surface area contributed by atoms with Crippen LogP contribution in [0, 0.1) is 0 Å². The van der Waals surface area contributed by atoms with Crippen molar-refractivity contribution in [3.63, 3.8) is 0 Å². The molecule has 3 aromatic rings. The molecule has 0 saturated carbocycles. The Bertz CT molecular complexity index is 1110. The number of hydrogen-bond acceptors (Lipinski definition) is 6. The van der Waals surface area contributed by atoms with E-state index in [2.05, 4.69) is 10.00 Å². The van der Waals surface area contributed by atoms with Crippen molar-refractivity contribution in [1.82, 2.24) is 24.6 Å². The third kappa shape index (κ3) is 4.17. The van der Waals surface area contributed by atoms with Crippen LogP contribution in [0.5, 0.6) is 5.75 Å². The lowest BCUT2D eigenvalue weighted by Gasteiger charge is -2.35. The molecule has 8 nitrogen and oxygen atoms in total. The first-order valence-corrected chi connectivity index (χ1v) is 11.2. The summed E-state index contributed by atoms with van der Waals surface area (Å²) in [6, 6.07) is 9.99. The SMILES string of the molecule is CC(=O)N1CCc2nc(N3CCCC(Oc4ccccc4)C3)c(-c3cnn(C)c3)nc2C1. The van der Waals surface area contributed by atoms with E-state index in [-0.39, 0.29) is 12.0 Å². The molecule has 0 bridgehead atoms. The van der Waals surface area contributed by atoms with Gasteiger partial charge >= 0.3 is 0 Å². The normalized spacial score (nSPS) is 18.4. The molecule has 1 aromatic carbocycles. The molecule has 4 heterocycles. The highest BCUT2D eigenvalue weighted by Gasteiger charge is 2.29. The fraction of sp³-hybridized carbons (Fsp3) is 0.417. The first kappa shape index (κ1) is 20.5. The number of nitrogens with zero attached hydrogens (tertiary/aromatic N) is 6. The largest absolute Gasteiger partial charge is 0.489 e. The van der Waals surface area contributed by atoms with Crippen LogP contribution in [0.25, 0.3) is 11.3 Å². The van der Waals surface area contributed by atoms with E-state index in [0.29, 0.717) is 13.1 Å². The van der Waals surface area contributed by atoms with Gasteiger partial charge in [-0.15, -0.1) is 0 Å². The van der Waals surface area contributed by atoms with Gasteiger partial charge in [-0.1, -0.05) is 18.2 Å². The van der Waals surface area contributed by atoms with Crippen molar-refractivity contribution in [2.45, 2.75) is 38.8 Å². The van der Waals surface area contributed by atoms with Crippen LogP contribution in [0.2, 0.25) is 0 Å². The quantitative estimate of drug-likeness (QED) is 0.631. The van der Waals surface area contributed by atoms with E-state index in [1.807, 2.05) is 54.7 Å². The monoisotopic (exact) mass is 432 g/mol. The van der Waals surface area contributed by atoms with E-state index < -0.39 is 0 Å². The predicted octanol–water partition coefficient (Wildman–Crippen LogP) is 2.83. The maximum atomic E-state index is 11.9. The smallest absolute Gasteiger partial charge is 0.219 e. The molecule has 2 aromatic heterocycles. The van der Waals surface area contributed by atoms with E-state index >= 15 is 0 Å². The van der Waals surface area contributed by atoms with E-state index in [4.69, 9.17) is 14.7 Å². The van der Waals surface area contributed by atoms with Gasteiger partial charge in [0, 0.05) is 45.2 Å². The standard InChI is InChI=1S/C24H28N6O2/c1-17(31)29-12-10-21-22(16-29)26-23(18-13-25-28(2)14-18)24(27-21)30-11-6-9-20(15-30)32-19-7-4-3-5-8-19/h3-5,7-8,13-14,20H,6,9-12,15-16H2,1-2H3. The molecule has 166 valence electrons. The summed E-state index contributed by atoms with van der Waals surface area (Å²) in [6.45, 7) is 4.47. The number of para-hydroxylation sites is 1. The number of benzene rings is 1. The lowest BCUT2D eigenvalue weighted by Crippen LogP contribution is -2.42. The Hall–Kier alpha value is -3.42. The molecule has 1 amide bonds. The van der Waals surface area contributed by atoms with Gasteiger partial charge in [-0.2, -0.15) is 5.10 Å². The minimum Gasteiger partial charge on any atom is -0.489 e. The third-order valence-electron chi connectivity index (χ3n) is 6.14. The lowest BCUT2D eigenvalue weighted by molar-refractivity contribution is -0.129. The summed E-state index contributed by atoms with van der Waals surface area (Å²) in [4.78, 5) is 26.1. The van der Waals surface area contributed by atoms with Crippen LogP contribution in [0.1, 0.15) is 31.2 Å². The number of aromatic nitrogens is 4. The average molecular weight is 433 g/mol. The number of hydrogen-bond donors (Lipinski definition) is 0. The first-order chi connectivity index (χ1) is 15.6. The van der Waals surface area contributed by atoms with E-state index in [0.717, 1.165) is 66.6 Å². The number of carbonyl (C=O) groups excluding carboxylic acids is 1. The summed E-state index contributed by atoms with van der Waals surface area (Å²) in [5.41, 5.74) is 3.62. The van der Waals surface area contributed by atoms with Crippen LogP contribution in [0.4, 0.5) is 5.82 Å². The van der Waals surface area contributed by atoms with Crippen molar-refractivity contribution in [3.8, 4) is 17.0 Å². The number of aryl methyl sites for hydroxylation is 1. The summed E-state index contributed by atoms with van der Waals surface area (Å²) in [5.74, 6) is 1.85. The highest BCUT2D eigenvalue weighted by atomic mass is 16.5. The second kappa shape index (κ2) is 8.61. The van der Waals surface area contributed by atoms with E-state index in [1.165, 1.54) is 0 Å². The summed E-state index contributed by atoms with van der Waals surface area (Å²) >= 11 is 0. The van der Waals surface area contributed by atoms with Gasteiger partial charge in [0.1, 0.15) is 17.5 Å². The summed E-state index contributed by atoms with van der Waals surface area (Å²) in [6.07, 6.45) is 6.65. The Balaban J connectivity index is 1.47. The van der Waals surface area contributed by atoms with Crippen molar-refractivity contribution in [1.29, 1.82) is 0 Å². The van der Waals surface area contributed by atoms with Crippen LogP contribution in [-0.2, 0) is 24.8 Å². The molecule has 0 spiro atoms. The van der Waals surface area contributed by atoms with Crippen molar-refractivity contribution in [2.75, 3.05) is 24.5 Å². The summed E-state index contributed by atoms with van der Waals surface area (Å²) in [7, 11) is 1.90. The Labute approximate surface area is 187 Å². The van der Waals surface area contributed by atoms with Crippen LogP contribution < -0.4 is 9.64 Å². The van der Waals surface area contributed by atoms with E-state index in [1.54, 1.807) is 11.6 Å². The Kier molecular flexibility index (Phi) is 5.51. The molecule has 1 unspecified atom stereocenters. The van der Waals surface area contributed by atoms with Gasteiger partial charge in [-0.3, -0.25) is 9.48 Å². The van der Waals surface area contributed by atoms with Crippen LogP contribution in [0.3, 0.4) is 0 Å². The molecular formula is C24H28N6O2. The number of rotatable bonds is 4. The maximum Gasteiger partial charge on any atom is 0.219 e. The number of amides is 1. The zero-order valence-corrected chi connectivity index (χ0v) is 18.6. The lowest BCUT2D eigenvalue weighted by atomic mass is 10.1. The van der Waals surface area contributed by atoms with Crippen LogP contribution in [-0.4, -0.2) is 56.3 Å². The van der Waals surface area contributed by atoms with Gasteiger partial charge in [0.2, 0.25) is 5.91 Å². The number of anilines is 1. The topological polar surface area (TPSA) is 76.4 Å². The van der Waals surface area contributed by atoms with Gasteiger partial charge in [-0.25, -0.2) is 9.97 Å². The second-order valence-corrected chi connectivity index (χ2v) is 8.52. The summed E-state index contributed by atoms with van der Waals surface area (Å²) < 4.78 is 8.04.